The van der Waals surface area contributed by atoms with Crippen LogP contribution in [0.2, 0.25) is 0 Å². The maximum Gasteiger partial charge on any atom is 0.255 e. The van der Waals surface area contributed by atoms with Crippen LogP contribution in [0.1, 0.15) is 21.5 Å². The molecule has 2 heterocycles. The number of carbonyl (C=O) groups is 1. The van der Waals surface area contributed by atoms with E-state index in [1.165, 1.54) is 5.56 Å². The fourth-order valence-electron chi connectivity index (χ4n) is 3.47. The summed E-state index contributed by atoms with van der Waals surface area (Å²) < 4.78 is 7.37. The average Bonchev–Trinajstić information content (AvgIpc) is 3.27. The molecule has 3 aromatic rings. The van der Waals surface area contributed by atoms with Crippen molar-refractivity contribution in [2.45, 2.75) is 13.0 Å². The van der Waals surface area contributed by atoms with Crippen LogP contribution < -0.4 is 5.32 Å². The zero-order valence-electron chi connectivity index (χ0n) is 16.5. The first-order chi connectivity index (χ1) is 14.3. The Morgan fingerprint density at radius 1 is 1.07 bits per heavy atom. The minimum Gasteiger partial charge on any atom is -0.379 e. The van der Waals surface area contributed by atoms with Crippen LogP contribution >= 0.6 is 0 Å². The highest BCUT2D eigenvalue weighted by molar-refractivity contribution is 6.04. The molecule has 0 saturated carbocycles. The van der Waals surface area contributed by atoms with E-state index in [2.05, 4.69) is 27.3 Å². The van der Waals surface area contributed by atoms with Gasteiger partial charge in [-0.3, -0.25) is 9.69 Å². The van der Waals surface area contributed by atoms with Gasteiger partial charge in [0.15, 0.2) is 0 Å². The second kappa shape index (κ2) is 9.49. The molecule has 0 radical (unpaired) electrons. The van der Waals surface area contributed by atoms with Crippen LogP contribution in [0.4, 0.5) is 5.69 Å². The fraction of sp³-hybridized carbons (Fsp3) is 0.304. The first-order valence-electron chi connectivity index (χ1n) is 10.0. The summed E-state index contributed by atoms with van der Waals surface area (Å²) in [6.07, 6.45) is 6.44. The van der Waals surface area contributed by atoms with Crippen LogP contribution in [0.15, 0.2) is 67.3 Å². The monoisotopic (exact) mass is 390 g/mol. The summed E-state index contributed by atoms with van der Waals surface area (Å²) in [5, 5.41) is 2.99. The molecule has 1 N–H and O–H groups in total. The van der Waals surface area contributed by atoms with Gasteiger partial charge in [-0.25, -0.2) is 4.98 Å². The third-order valence-corrected chi connectivity index (χ3v) is 5.15. The molecule has 1 amide bonds. The highest BCUT2D eigenvalue weighted by atomic mass is 16.5. The van der Waals surface area contributed by atoms with Crippen molar-refractivity contribution < 1.29 is 9.53 Å². The van der Waals surface area contributed by atoms with Crippen LogP contribution in [-0.2, 0) is 17.7 Å². The van der Waals surface area contributed by atoms with E-state index in [0.717, 1.165) is 50.5 Å². The predicted octanol–water partition coefficient (Wildman–Crippen LogP) is 3.06. The fourth-order valence-corrected chi connectivity index (χ4v) is 3.47. The average molecular weight is 390 g/mol. The molecule has 29 heavy (non-hydrogen) atoms. The maximum absolute atomic E-state index is 12.6. The van der Waals surface area contributed by atoms with E-state index in [1.807, 2.05) is 47.2 Å². The first kappa shape index (κ1) is 19.4. The largest absolute Gasteiger partial charge is 0.379 e. The lowest BCUT2D eigenvalue weighted by atomic mass is 10.1. The van der Waals surface area contributed by atoms with Crippen molar-refractivity contribution >= 4 is 11.6 Å². The molecule has 0 unspecified atom stereocenters. The molecule has 4 rings (SSSR count). The van der Waals surface area contributed by atoms with Gasteiger partial charge in [0, 0.05) is 49.8 Å². The van der Waals surface area contributed by atoms with Gasteiger partial charge in [-0.1, -0.05) is 24.3 Å². The molecular formula is C23H26N4O2. The van der Waals surface area contributed by atoms with Crippen LogP contribution in [0.25, 0.3) is 0 Å². The number of anilines is 1. The van der Waals surface area contributed by atoms with Crippen molar-refractivity contribution in [3.05, 3.63) is 83.9 Å². The summed E-state index contributed by atoms with van der Waals surface area (Å²) in [5.41, 5.74) is 3.80. The number of imidazole rings is 1. The summed E-state index contributed by atoms with van der Waals surface area (Å²) in [6, 6.07) is 15.8. The summed E-state index contributed by atoms with van der Waals surface area (Å²) in [4.78, 5) is 19.1. The predicted molar refractivity (Wildman–Crippen MR) is 113 cm³/mol. The zero-order chi connectivity index (χ0) is 19.9. The van der Waals surface area contributed by atoms with Gasteiger partial charge in [0.2, 0.25) is 0 Å². The van der Waals surface area contributed by atoms with E-state index >= 15 is 0 Å². The van der Waals surface area contributed by atoms with Crippen molar-refractivity contribution in [1.82, 2.24) is 14.5 Å². The molecule has 150 valence electrons. The Kier molecular flexibility index (Phi) is 6.34. The van der Waals surface area contributed by atoms with Gasteiger partial charge in [0.05, 0.1) is 19.5 Å². The van der Waals surface area contributed by atoms with Gasteiger partial charge in [-0.15, -0.1) is 0 Å². The molecule has 1 aromatic heterocycles. The van der Waals surface area contributed by atoms with E-state index in [1.54, 1.807) is 12.5 Å². The summed E-state index contributed by atoms with van der Waals surface area (Å²) in [5.74, 6) is -0.0986. The van der Waals surface area contributed by atoms with Gasteiger partial charge in [0.25, 0.3) is 5.91 Å². The molecule has 6 heteroatoms. The Morgan fingerprint density at radius 2 is 1.90 bits per heavy atom. The SMILES string of the molecule is O=C(Nc1ccc(CCN2CCOCC2)cc1)c1cccc(Cn2ccnc2)c1. The minimum absolute atomic E-state index is 0.0986. The number of morpholine rings is 1. The van der Waals surface area contributed by atoms with Gasteiger partial charge in [0.1, 0.15) is 0 Å². The lowest BCUT2D eigenvalue weighted by Gasteiger charge is -2.26. The van der Waals surface area contributed by atoms with Gasteiger partial charge in [-0.2, -0.15) is 0 Å². The molecule has 1 aliphatic heterocycles. The molecule has 0 bridgehead atoms. The Labute approximate surface area is 171 Å². The van der Waals surface area contributed by atoms with Gasteiger partial charge < -0.3 is 14.6 Å². The molecule has 1 saturated heterocycles. The second-order valence-corrected chi connectivity index (χ2v) is 7.29. The smallest absolute Gasteiger partial charge is 0.255 e. The maximum atomic E-state index is 12.6. The number of nitrogens with one attached hydrogen (secondary N) is 1. The lowest BCUT2D eigenvalue weighted by molar-refractivity contribution is 0.0384. The topological polar surface area (TPSA) is 59.4 Å². The number of hydrogen-bond acceptors (Lipinski definition) is 4. The standard InChI is InChI=1S/C23H26N4O2/c28-23(21-3-1-2-20(16-21)17-27-11-9-24-18-27)25-22-6-4-19(5-7-22)8-10-26-12-14-29-15-13-26/h1-7,9,11,16,18H,8,10,12-15,17H2,(H,25,28). The summed E-state index contributed by atoms with van der Waals surface area (Å²) in [6.45, 7) is 5.41. The Morgan fingerprint density at radius 3 is 2.66 bits per heavy atom. The van der Waals surface area contributed by atoms with E-state index < -0.39 is 0 Å². The molecule has 0 atom stereocenters. The minimum atomic E-state index is -0.0986. The van der Waals surface area contributed by atoms with E-state index in [0.29, 0.717) is 12.1 Å². The zero-order valence-corrected chi connectivity index (χ0v) is 16.5. The lowest BCUT2D eigenvalue weighted by Crippen LogP contribution is -2.37. The number of rotatable bonds is 7. The number of ether oxygens (including phenoxy) is 1. The molecular weight excluding hydrogens is 364 g/mol. The third-order valence-electron chi connectivity index (χ3n) is 5.15. The highest BCUT2D eigenvalue weighted by Crippen LogP contribution is 2.14. The van der Waals surface area contributed by atoms with Crippen LogP contribution in [0.5, 0.6) is 0 Å². The number of nitrogens with zero attached hydrogens (tertiary/aromatic N) is 3. The van der Waals surface area contributed by atoms with Crippen LogP contribution in [0.3, 0.4) is 0 Å². The summed E-state index contributed by atoms with van der Waals surface area (Å²) >= 11 is 0. The molecule has 0 aliphatic carbocycles. The van der Waals surface area contributed by atoms with Crippen LogP contribution in [-0.4, -0.2) is 53.2 Å². The molecule has 6 nitrogen and oxygen atoms in total. The van der Waals surface area contributed by atoms with Gasteiger partial charge in [-0.05, 0) is 41.8 Å². The van der Waals surface area contributed by atoms with Gasteiger partial charge >= 0.3 is 0 Å². The number of amides is 1. The number of aromatic nitrogens is 2. The van der Waals surface area contributed by atoms with Crippen molar-refractivity contribution in [3.8, 4) is 0 Å². The van der Waals surface area contributed by atoms with E-state index in [9.17, 15) is 4.79 Å². The van der Waals surface area contributed by atoms with Crippen molar-refractivity contribution in [2.24, 2.45) is 0 Å². The summed E-state index contributed by atoms with van der Waals surface area (Å²) in [7, 11) is 0. The Bertz CT molecular complexity index is 916. The Hall–Kier alpha value is -2.96. The second-order valence-electron chi connectivity index (χ2n) is 7.29. The van der Waals surface area contributed by atoms with E-state index in [-0.39, 0.29) is 5.91 Å². The number of hydrogen-bond donors (Lipinski definition) is 1. The number of carbonyl (C=O) groups excluding carboxylic acids is 1. The molecule has 0 spiro atoms. The molecule has 1 aliphatic rings. The Balaban J connectivity index is 1.32. The van der Waals surface area contributed by atoms with Crippen molar-refractivity contribution in [2.75, 3.05) is 38.2 Å². The third kappa shape index (κ3) is 5.53. The molecule has 2 aromatic carbocycles. The first-order valence-corrected chi connectivity index (χ1v) is 10.0. The highest BCUT2D eigenvalue weighted by Gasteiger charge is 2.10. The van der Waals surface area contributed by atoms with Crippen molar-refractivity contribution in [1.29, 1.82) is 0 Å². The normalized spacial score (nSPS) is 14.6. The molecule has 1 fully saturated rings. The number of benzene rings is 2. The van der Waals surface area contributed by atoms with Crippen LogP contribution in [0, 0.1) is 0 Å². The quantitative estimate of drug-likeness (QED) is 0.674. The van der Waals surface area contributed by atoms with Crippen molar-refractivity contribution in [3.63, 3.8) is 0 Å². The van der Waals surface area contributed by atoms with E-state index in [4.69, 9.17) is 4.74 Å².